The van der Waals surface area contributed by atoms with Gasteiger partial charge in [-0.15, -0.1) is 0 Å². The molecule has 1 aliphatic heterocycles. The van der Waals surface area contributed by atoms with Crippen molar-refractivity contribution in [2.24, 2.45) is 0 Å². The normalized spacial score (nSPS) is 15.8. The number of carbonyl (C=O) groups is 1. The zero-order chi connectivity index (χ0) is 25.4. The van der Waals surface area contributed by atoms with Crippen molar-refractivity contribution >= 4 is 27.8 Å². The van der Waals surface area contributed by atoms with Crippen molar-refractivity contribution in [3.05, 3.63) is 95.6 Å². The first-order chi connectivity index (χ1) is 18.1. The molecule has 1 atom stereocenters. The zero-order valence-electron chi connectivity index (χ0n) is 20.1. The number of aromatic amines is 1. The van der Waals surface area contributed by atoms with Gasteiger partial charge in [0.2, 0.25) is 0 Å². The van der Waals surface area contributed by atoms with E-state index >= 15 is 0 Å². The first kappa shape index (κ1) is 23.2. The topological polar surface area (TPSA) is 91.6 Å². The van der Waals surface area contributed by atoms with Gasteiger partial charge in [0.15, 0.2) is 5.58 Å². The maximum atomic E-state index is 13.5. The van der Waals surface area contributed by atoms with Crippen LogP contribution in [0.3, 0.4) is 0 Å². The molecule has 5 aromatic rings. The molecule has 0 unspecified atom stereocenters. The molecule has 188 valence electrons. The first-order valence-electron chi connectivity index (χ1n) is 12.4. The highest BCUT2D eigenvalue weighted by Gasteiger charge is 2.34. The fraction of sp³-hybridized carbons (Fsp3) is 0.241. The quantitative estimate of drug-likeness (QED) is 0.284. The Hall–Kier alpha value is -4.17. The van der Waals surface area contributed by atoms with E-state index in [0.717, 1.165) is 40.4 Å². The van der Waals surface area contributed by atoms with Crippen LogP contribution in [0.1, 0.15) is 41.6 Å². The van der Waals surface area contributed by atoms with Crippen molar-refractivity contribution in [3.63, 3.8) is 0 Å². The second kappa shape index (κ2) is 9.71. The van der Waals surface area contributed by atoms with Gasteiger partial charge in [-0.25, -0.2) is 4.39 Å². The van der Waals surface area contributed by atoms with Crippen LogP contribution in [0.4, 0.5) is 4.39 Å². The Kier molecular flexibility index (Phi) is 6.10. The number of likely N-dealkylation sites (tertiary alicyclic amines) is 1. The molecule has 0 radical (unpaired) electrons. The highest BCUT2D eigenvalue weighted by Crippen LogP contribution is 2.37. The van der Waals surface area contributed by atoms with E-state index in [0.29, 0.717) is 36.6 Å². The van der Waals surface area contributed by atoms with Crippen molar-refractivity contribution < 1.29 is 23.6 Å². The Morgan fingerprint density at radius 3 is 2.70 bits per heavy atom. The fourth-order valence-corrected chi connectivity index (χ4v) is 5.32. The number of aromatic nitrogens is 2. The van der Waals surface area contributed by atoms with E-state index in [-0.39, 0.29) is 11.7 Å². The van der Waals surface area contributed by atoms with Crippen molar-refractivity contribution in [1.82, 2.24) is 15.0 Å². The minimum atomic E-state index is -0.891. The Bertz CT molecular complexity index is 1550. The van der Waals surface area contributed by atoms with Gasteiger partial charge in [-0.3, -0.25) is 9.69 Å². The average Bonchev–Trinajstić information content (AvgIpc) is 3.52. The Balaban J connectivity index is 1.21. The van der Waals surface area contributed by atoms with E-state index in [1.807, 2.05) is 53.4 Å². The van der Waals surface area contributed by atoms with E-state index in [1.165, 1.54) is 12.1 Å². The summed E-state index contributed by atoms with van der Waals surface area (Å²) in [5.74, 6) is -0.438. The summed E-state index contributed by atoms with van der Waals surface area (Å²) in [4.78, 5) is 17.7. The minimum absolute atomic E-state index is 0.123. The number of ether oxygens (including phenoxy) is 1. The molecule has 2 N–H and O–H groups in total. The summed E-state index contributed by atoms with van der Waals surface area (Å²) < 4.78 is 24.9. The lowest BCUT2D eigenvalue weighted by Crippen LogP contribution is -2.39. The van der Waals surface area contributed by atoms with Gasteiger partial charge < -0.3 is 19.4 Å². The molecule has 0 spiro atoms. The van der Waals surface area contributed by atoms with E-state index in [4.69, 9.17) is 9.26 Å². The average molecular weight is 500 g/mol. The number of hydrogen-bond donors (Lipinski definition) is 2. The van der Waals surface area contributed by atoms with Crippen LogP contribution in [0.5, 0.6) is 5.75 Å². The second-order valence-corrected chi connectivity index (χ2v) is 9.48. The van der Waals surface area contributed by atoms with Gasteiger partial charge in [0.1, 0.15) is 24.2 Å². The number of nitrogens with one attached hydrogen (secondary N) is 1. The highest BCUT2D eigenvalue weighted by atomic mass is 19.1. The van der Waals surface area contributed by atoms with Gasteiger partial charge in [0.05, 0.1) is 5.69 Å². The summed E-state index contributed by atoms with van der Waals surface area (Å²) in [6.07, 6.45) is 3.25. The molecule has 2 aromatic heterocycles. The number of H-pyrrole nitrogens is 1. The molecule has 0 bridgehead atoms. The molecule has 0 aliphatic carbocycles. The standard InChI is InChI=1S/C29H26FN3O4/c30-20-6-8-22-26(14-20)37-32-27(22)19-10-12-33(13-11-19)28(29(34)35)24-16-31-25-9-7-21(15-23(24)25)36-17-18-4-2-1-3-5-18/h1-9,14-16,19,28,31H,10-13,17H2,(H,34,35)/t28-/m1/s1. The molecule has 6 rings (SSSR count). The Labute approximate surface area is 212 Å². The smallest absolute Gasteiger partial charge is 0.325 e. The number of aliphatic carboxylic acids is 1. The third kappa shape index (κ3) is 4.56. The fourth-order valence-electron chi connectivity index (χ4n) is 5.32. The second-order valence-electron chi connectivity index (χ2n) is 9.48. The summed E-state index contributed by atoms with van der Waals surface area (Å²) in [7, 11) is 0. The molecular weight excluding hydrogens is 473 g/mol. The van der Waals surface area contributed by atoms with Crippen molar-refractivity contribution in [2.75, 3.05) is 13.1 Å². The van der Waals surface area contributed by atoms with Gasteiger partial charge in [0.25, 0.3) is 0 Å². The predicted octanol–water partition coefficient (Wildman–Crippen LogP) is 6.03. The van der Waals surface area contributed by atoms with Crippen molar-refractivity contribution in [1.29, 1.82) is 0 Å². The van der Waals surface area contributed by atoms with E-state index in [2.05, 4.69) is 10.1 Å². The molecule has 0 amide bonds. The van der Waals surface area contributed by atoms with Crippen molar-refractivity contribution in [2.45, 2.75) is 31.4 Å². The molecule has 1 aliphatic rings. The number of halogens is 1. The molecule has 3 heterocycles. The summed E-state index contributed by atoms with van der Waals surface area (Å²) in [6.45, 7) is 1.62. The molecule has 1 fully saturated rings. The number of carboxylic acids is 1. The summed E-state index contributed by atoms with van der Waals surface area (Å²) in [5, 5.41) is 16.1. The molecular formula is C29H26FN3O4. The lowest BCUT2D eigenvalue weighted by molar-refractivity contribution is -0.144. The van der Waals surface area contributed by atoms with Crippen LogP contribution < -0.4 is 4.74 Å². The summed E-state index contributed by atoms with van der Waals surface area (Å²) in [5.41, 5.74) is 3.89. The number of benzene rings is 3. The van der Waals surface area contributed by atoms with Crippen LogP contribution in [-0.2, 0) is 11.4 Å². The molecule has 8 heteroatoms. The third-order valence-electron chi connectivity index (χ3n) is 7.21. The summed E-state index contributed by atoms with van der Waals surface area (Å²) >= 11 is 0. The largest absolute Gasteiger partial charge is 0.489 e. The van der Waals surface area contributed by atoms with Crippen LogP contribution in [-0.4, -0.2) is 39.2 Å². The number of piperidine rings is 1. The summed E-state index contributed by atoms with van der Waals surface area (Å²) in [6, 6.07) is 19.3. The monoisotopic (exact) mass is 499 g/mol. The number of nitrogens with zero attached hydrogens (tertiary/aromatic N) is 2. The van der Waals surface area contributed by atoms with Gasteiger partial charge in [-0.05, 0) is 61.8 Å². The van der Waals surface area contributed by atoms with Gasteiger partial charge in [-0.1, -0.05) is 35.5 Å². The van der Waals surface area contributed by atoms with Gasteiger partial charge >= 0.3 is 5.97 Å². The van der Waals surface area contributed by atoms with Gasteiger partial charge in [-0.2, -0.15) is 0 Å². The highest BCUT2D eigenvalue weighted by molar-refractivity contribution is 5.90. The van der Waals surface area contributed by atoms with Crippen LogP contribution in [0.15, 0.2) is 77.4 Å². The van der Waals surface area contributed by atoms with Crippen molar-refractivity contribution in [3.8, 4) is 5.75 Å². The number of carboxylic acid groups (broad SMARTS) is 1. The van der Waals surface area contributed by atoms with E-state index < -0.39 is 12.0 Å². The maximum absolute atomic E-state index is 13.5. The minimum Gasteiger partial charge on any atom is -0.489 e. The molecule has 37 heavy (non-hydrogen) atoms. The SMILES string of the molecule is O=C(O)[C@@H](c1c[nH]c2ccc(OCc3ccccc3)cc12)N1CCC(c2noc3cc(F)ccc23)CC1. The molecule has 0 saturated carbocycles. The van der Waals surface area contributed by atoms with E-state index in [1.54, 1.807) is 12.3 Å². The molecule has 3 aromatic carbocycles. The van der Waals surface area contributed by atoms with Gasteiger partial charge in [0, 0.05) is 40.0 Å². The predicted molar refractivity (Wildman–Crippen MR) is 137 cm³/mol. The molecule has 7 nitrogen and oxygen atoms in total. The van der Waals surface area contributed by atoms with E-state index in [9.17, 15) is 14.3 Å². The Morgan fingerprint density at radius 1 is 1.11 bits per heavy atom. The Morgan fingerprint density at radius 2 is 1.92 bits per heavy atom. The third-order valence-corrected chi connectivity index (χ3v) is 7.21. The lowest BCUT2D eigenvalue weighted by Gasteiger charge is -2.35. The number of fused-ring (bicyclic) bond motifs is 2. The molecule has 1 saturated heterocycles. The van der Waals surface area contributed by atoms with Crippen LogP contribution in [0.25, 0.3) is 21.9 Å². The van der Waals surface area contributed by atoms with Crippen LogP contribution in [0.2, 0.25) is 0 Å². The number of hydrogen-bond acceptors (Lipinski definition) is 5. The zero-order valence-corrected chi connectivity index (χ0v) is 20.1. The van der Waals surface area contributed by atoms with Crippen LogP contribution in [0, 0.1) is 5.82 Å². The first-order valence-corrected chi connectivity index (χ1v) is 12.4. The number of rotatable bonds is 7. The maximum Gasteiger partial charge on any atom is 0.325 e. The lowest BCUT2D eigenvalue weighted by atomic mass is 9.90. The van der Waals surface area contributed by atoms with Crippen LogP contribution >= 0.6 is 0 Å².